The third kappa shape index (κ3) is 2.84. The number of rotatable bonds is 3. The summed E-state index contributed by atoms with van der Waals surface area (Å²) in [4.78, 5) is 16.0. The highest BCUT2D eigenvalue weighted by molar-refractivity contribution is 5.98. The smallest absolute Gasteiger partial charge is 0.339 e. The monoisotopic (exact) mass is 284 g/mol. The number of fused-ring (bicyclic) bond motifs is 1. The number of aromatic carboxylic acids is 1. The zero-order valence-corrected chi connectivity index (χ0v) is 12.4. The molecule has 21 heavy (non-hydrogen) atoms. The molecule has 2 aromatic rings. The average Bonchev–Trinajstić information content (AvgIpc) is 2.77. The van der Waals surface area contributed by atoms with E-state index in [1.165, 1.54) is 0 Å². The third-order valence-electron chi connectivity index (χ3n) is 4.26. The summed E-state index contributed by atoms with van der Waals surface area (Å²) in [6.45, 7) is 4.50. The fourth-order valence-corrected chi connectivity index (χ4v) is 3.14. The SMILES string of the molecule is CC1(C)CCC(Nc2nc3ccccc3cc2C(=O)O)C1. The number of carboxylic acids is 1. The Balaban J connectivity index is 1.96. The molecule has 1 heterocycles. The highest BCUT2D eigenvalue weighted by Crippen LogP contribution is 2.38. The lowest BCUT2D eigenvalue weighted by atomic mass is 9.92. The molecule has 2 N–H and O–H groups in total. The second kappa shape index (κ2) is 5.02. The largest absolute Gasteiger partial charge is 0.478 e. The zero-order valence-electron chi connectivity index (χ0n) is 12.4. The van der Waals surface area contributed by atoms with Gasteiger partial charge in [-0.25, -0.2) is 9.78 Å². The van der Waals surface area contributed by atoms with E-state index in [0.29, 0.717) is 17.3 Å². The lowest BCUT2D eigenvalue weighted by Crippen LogP contribution is -2.20. The molecule has 0 saturated heterocycles. The van der Waals surface area contributed by atoms with Crippen LogP contribution in [0, 0.1) is 5.41 Å². The predicted octanol–water partition coefficient (Wildman–Crippen LogP) is 3.92. The van der Waals surface area contributed by atoms with Crippen molar-refractivity contribution in [3.05, 3.63) is 35.9 Å². The van der Waals surface area contributed by atoms with Crippen LogP contribution in [0.1, 0.15) is 43.5 Å². The van der Waals surface area contributed by atoms with E-state index in [1.54, 1.807) is 6.07 Å². The van der Waals surface area contributed by atoms with Gasteiger partial charge in [0, 0.05) is 11.4 Å². The number of hydrogen-bond acceptors (Lipinski definition) is 3. The summed E-state index contributed by atoms with van der Waals surface area (Å²) >= 11 is 0. The van der Waals surface area contributed by atoms with Gasteiger partial charge in [-0.05, 0) is 36.8 Å². The summed E-state index contributed by atoms with van der Waals surface area (Å²) < 4.78 is 0. The Morgan fingerprint density at radius 1 is 1.38 bits per heavy atom. The van der Waals surface area contributed by atoms with E-state index in [9.17, 15) is 9.90 Å². The molecule has 1 aliphatic rings. The number of para-hydroxylation sites is 1. The van der Waals surface area contributed by atoms with Crippen molar-refractivity contribution in [2.45, 2.75) is 39.2 Å². The first-order valence-corrected chi connectivity index (χ1v) is 7.34. The number of carbonyl (C=O) groups is 1. The standard InChI is InChI=1S/C17H20N2O2/c1-17(2)8-7-12(10-17)18-15-13(16(20)21)9-11-5-3-4-6-14(11)19-15/h3-6,9,12H,7-8,10H2,1-2H3,(H,18,19)(H,20,21). The van der Waals surface area contributed by atoms with Crippen molar-refractivity contribution in [3.63, 3.8) is 0 Å². The van der Waals surface area contributed by atoms with Crippen LogP contribution in [0.2, 0.25) is 0 Å². The number of carboxylic acid groups (broad SMARTS) is 1. The van der Waals surface area contributed by atoms with Crippen LogP contribution in [-0.2, 0) is 0 Å². The number of aromatic nitrogens is 1. The van der Waals surface area contributed by atoms with Gasteiger partial charge in [0.15, 0.2) is 0 Å². The van der Waals surface area contributed by atoms with Crippen LogP contribution in [0.4, 0.5) is 5.82 Å². The molecule has 1 fully saturated rings. The molecular weight excluding hydrogens is 264 g/mol. The van der Waals surface area contributed by atoms with Gasteiger partial charge in [-0.15, -0.1) is 0 Å². The molecule has 0 bridgehead atoms. The molecule has 0 aliphatic heterocycles. The number of pyridine rings is 1. The third-order valence-corrected chi connectivity index (χ3v) is 4.26. The van der Waals surface area contributed by atoms with Crippen molar-refractivity contribution in [3.8, 4) is 0 Å². The summed E-state index contributed by atoms with van der Waals surface area (Å²) in [5.41, 5.74) is 1.39. The molecule has 3 rings (SSSR count). The summed E-state index contributed by atoms with van der Waals surface area (Å²) in [6.07, 6.45) is 3.25. The fourth-order valence-electron chi connectivity index (χ4n) is 3.14. The number of benzene rings is 1. The Kier molecular flexibility index (Phi) is 3.32. The van der Waals surface area contributed by atoms with Gasteiger partial charge in [0.25, 0.3) is 0 Å². The van der Waals surface area contributed by atoms with Crippen molar-refractivity contribution in [1.29, 1.82) is 0 Å². The molecule has 0 spiro atoms. The van der Waals surface area contributed by atoms with Crippen LogP contribution < -0.4 is 5.32 Å². The summed E-state index contributed by atoms with van der Waals surface area (Å²) in [5.74, 6) is -0.447. The number of anilines is 1. The van der Waals surface area contributed by atoms with Crippen LogP contribution in [0.3, 0.4) is 0 Å². The van der Waals surface area contributed by atoms with Gasteiger partial charge in [0.2, 0.25) is 0 Å². The Morgan fingerprint density at radius 2 is 2.14 bits per heavy atom. The van der Waals surface area contributed by atoms with E-state index in [4.69, 9.17) is 0 Å². The van der Waals surface area contributed by atoms with Crippen LogP contribution in [-0.4, -0.2) is 22.1 Å². The summed E-state index contributed by atoms with van der Waals surface area (Å²) in [7, 11) is 0. The van der Waals surface area contributed by atoms with Gasteiger partial charge in [-0.3, -0.25) is 0 Å². The van der Waals surface area contributed by atoms with E-state index < -0.39 is 5.97 Å². The highest BCUT2D eigenvalue weighted by atomic mass is 16.4. The second-order valence-corrected chi connectivity index (χ2v) is 6.63. The molecular formula is C17H20N2O2. The fraction of sp³-hybridized carbons (Fsp3) is 0.412. The minimum atomic E-state index is -0.937. The first-order chi connectivity index (χ1) is 9.94. The molecule has 1 aromatic heterocycles. The zero-order chi connectivity index (χ0) is 15.0. The van der Waals surface area contributed by atoms with Gasteiger partial charge in [0.05, 0.1) is 5.52 Å². The number of nitrogens with one attached hydrogen (secondary N) is 1. The molecule has 110 valence electrons. The molecule has 4 heteroatoms. The van der Waals surface area contributed by atoms with Crippen LogP contribution in [0.5, 0.6) is 0 Å². The van der Waals surface area contributed by atoms with Gasteiger partial charge >= 0.3 is 5.97 Å². The molecule has 1 atom stereocenters. The Morgan fingerprint density at radius 3 is 2.81 bits per heavy atom. The molecule has 0 amide bonds. The van der Waals surface area contributed by atoms with Crippen molar-refractivity contribution in [2.24, 2.45) is 5.41 Å². The maximum atomic E-state index is 11.5. The van der Waals surface area contributed by atoms with Gasteiger partial charge in [0.1, 0.15) is 11.4 Å². The molecule has 1 unspecified atom stereocenters. The summed E-state index contributed by atoms with van der Waals surface area (Å²) in [6, 6.07) is 9.60. The molecule has 1 aliphatic carbocycles. The Hall–Kier alpha value is -2.10. The molecule has 1 aromatic carbocycles. The van der Waals surface area contributed by atoms with Crippen LogP contribution >= 0.6 is 0 Å². The molecule has 4 nitrogen and oxygen atoms in total. The maximum Gasteiger partial charge on any atom is 0.339 e. The van der Waals surface area contributed by atoms with E-state index in [-0.39, 0.29) is 5.56 Å². The maximum absolute atomic E-state index is 11.5. The average molecular weight is 284 g/mol. The lowest BCUT2D eigenvalue weighted by molar-refractivity contribution is 0.0697. The minimum Gasteiger partial charge on any atom is -0.478 e. The quantitative estimate of drug-likeness (QED) is 0.896. The predicted molar refractivity (Wildman–Crippen MR) is 83.7 cm³/mol. The van der Waals surface area contributed by atoms with Gasteiger partial charge in [-0.2, -0.15) is 0 Å². The first-order valence-electron chi connectivity index (χ1n) is 7.34. The van der Waals surface area contributed by atoms with Gasteiger partial charge < -0.3 is 10.4 Å². The first kappa shape index (κ1) is 13.9. The number of hydrogen-bond donors (Lipinski definition) is 2. The lowest BCUT2D eigenvalue weighted by Gasteiger charge is -2.19. The normalized spacial score (nSPS) is 20.6. The van der Waals surface area contributed by atoms with Gasteiger partial charge in [-0.1, -0.05) is 32.0 Å². The number of nitrogens with zero attached hydrogens (tertiary/aromatic N) is 1. The Labute approximate surface area is 124 Å². The van der Waals surface area contributed by atoms with Crippen molar-refractivity contribution >= 4 is 22.7 Å². The van der Waals surface area contributed by atoms with Crippen LogP contribution in [0.25, 0.3) is 10.9 Å². The van der Waals surface area contributed by atoms with Crippen molar-refractivity contribution in [2.75, 3.05) is 5.32 Å². The molecule has 0 radical (unpaired) electrons. The highest BCUT2D eigenvalue weighted by Gasteiger charge is 2.31. The Bertz CT molecular complexity index is 694. The molecule has 1 saturated carbocycles. The van der Waals surface area contributed by atoms with Crippen molar-refractivity contribution in [1.82, 2.24) is 4.98 Å². The van der Waals surface area contributed by atoms with E-state index in [0.717, 1.165) is 30.2 Å². The minimum absolute atomic E-state index is 0.249. The second-order valence-electron chi connectivity index (χ2n) is 6.63. The summed E-state index contributed by atoms with van der Waals surface area (Å²) in [5, 5.41) is 13.6. The van der Waals surface area contributed by atoms with E-state index in [2.05, 4.69) is 24.1 Å². The van der Waals surface area contributed by atoms with E-state index >= 15 is 0 Å². The topological polar surface area (TPSA) is 62.2 Å². The van der Waals surface area contributed by atoms with Crippen LogP contribution in [0.15, 0.2) is 30.3 Å². The van der Waals surface area contributed by atoms with Crippen molar-refractivity contribution < 1.29 is 9.90 Å². The van der Waals surface area contributed by atoms with E-state index in [1.807, 2.05) is 24.3 Å².